The van der Waals surface area contributed by atoms with E-state index in [-0.39, 0.29) is 5.78 Å². The summed E-state index contributed by atoms with van der Waals surface area (Å²) in [6.45, 7) is 8.97. The highest BCUT2D eigenvalue weighted by Gasteiger charge is 2.10. The van der Waals surface area contributed by atoms with Crippen molar-refractivity contribution in [1.82, 2.24) is 10.2 Å². The summed E-state index contributed by atoms with van der Waals surface area (Å²) in [5.74, 6) is 0.724. The third kappa shape index (κ3) is 6.27. The number of nitrogens with one attached hydrogen (secondary N) is 1. The van der Waals surface area contributed by atoms with Gasteiger partial charge in [-0.2, -0.15) is 0 Å². The molecule has 1 aromatic rings. The summed E-state index contributed by atoms with van der Waals surface area (Å²) in [6.07, 6.45) is 2.26. The van der Waals surface area contributed by atoms with E-state index < -0.39 is 0 Å². The number of unbranched alkanes of at least 4 members (excludes halogenated alkanes) is 1. The summed E-state index contributed by atoms with van der Waals surface area (Å²) in [7, 11) is 1.59. The molecule has 118 valence electrons. The Morgan fingerprint density at radius 2 is 1.90 bits per heavy atom. The standard InChI is InChI=1S/C17H28N2O2/c1-4-19(5-2)13-9-8-12-18-14-16(20)15-10-6-7-11-17(15)21-3/h6-7,10-11,18H,4-5,8-9,12-14H2,1-3H3. The number of ether oxygens (including phenoxy) is 1. The lowest BCUT2D eigenvalue weighted by Crippen LogP contribution is -2.27. The lowest BCUT2D eigenvalue weighted by atomic mass is 10.1. The second-order valence-electron chi connectivity index (χ2n) is 5.03. The lowest BCUT2D eigenvalue weighted by Gasteiger charge is -2.17. The fourth-order valence-electron chi connectivity index (χ4n) is 2.30. The van der Waals surface area contributed by atoms with Gasteiger partial charge in [0.05, 0.1) is 19.2 Å². The van der Waals surface area contributed by atoms with Crippen LogP contribution in [0.5, 0.6) is 5.75 Å². The summed E-state index contributed by atoms with van der Waals surface area (Å²) in [6, 6.07) is 7.36. The van der Waals surface area contributed by atoms with E-state index in [1.54, 1.807) is 7.11 Å². The number of nitrogens with zero attached hydrogens (tertiary/aromatic N) is 1. The highest BCUT2D eigenvalue weighted by Crippen LogP contribution is 2.17. The number of carbonyl (C=O) groups is 1. The molecule has 0 saturated carbocycles. The van der Waals surface area contributed by atoms with E-state index in [1.165, 1.54) is 0 Å². The second kappa shape index (κ2) is 10.4. The van der Waals surface area contributed by atoms with Crippen molar-refractivity contribution in [2.75, 3.05) is 39.8 Å². The quantitative estimate of drug-likeness (QED) is 0.503. The summed E-state index contributed by atoms with van der Waals surface area (Å²) >= 11 is 0. The van der Waals surface area contributed by atoms with Gasteiger partial charge >= 0.3 is 0 Å². The Kier molecular flexibility index (Phi) is 8.71. The largest absolute Gasteiger partial charge is 0.496 e. The molecule has 0 unspecified atom stereocenters. The number of hydrogen-bond donors (Lipinski definition) is 1. The number of rotatable bonds is 11. The molecule has 1 rings (SSSR count). The Morgan fingerprint density at radius 1 is 1.19 bits per heavy atom. The van der Waals surface area contributed by atoms with Gasteiger partial charge in [0.2, 0.25) is 0 Å². The number of carbonyl (C=O) groups excluding carboxylic acids is 1. The molecule has 0 aromatic heterocycles. The first-order chi connectivity index (χ1) is 10.2. The van der Waals surface area contributed by atoms with Crippen LogP contribution in [0, 0.1) is 0 Å². The molecule has 1 aromatic carbocycles. The van der Waals surface area contributed by atoms with Crippen LogP contribution in [-0.2, 0) is 0 Å². The van der Waals surface area contributed by atoms with Crippen molar-refractivity contribution in [3.05, 3.63) is 29.8 Å². The molecule has 0 amide bonds. The van der Waals surface area contributed by atoms with E-state index in [2.05, 4.69) is 24.1 Å². The molecule has 4 nitrogen and oxygen atoms in total. The number of Topliss-reactive ketones (excluding diaryl/α,β-unsaturated/α-hetero) is 1. The number of para-hydroxylation sites is 1. The molecule has 0 bridgehead atoms. The molecule has 0 heterocycles. The number of hydrogen-bond acceptors (Lipinski definition) is 4. The molecule has 0 spiro atoms. The number of methoxy groups -OCH3 is 1. The monoisotopic (exact) mass is 292 g/mol. The molecular weight excluding hydrogens is 264 g/mol. The Hall–Kier alpha value is -1.39. The predicted molar refractivity (Wildman–Crippen MR) is 87.2 cm³/mol. The average molecular weight is 292 g/mol. The minimum atomic E-state index is 0.0798. The van der Waals surface area contributed by atoms with Gasteiger partial charge in [0, 0.05) is 0 Å². The van der Waals surface area contributed by atoms with Gasteiger partial charge in [-0.25, -0.2) is 0 Å². The molecule has 1 N–H and O–H groups in total. The van der Waals surface area contributed by atoms with Crippen molar-refractivity contribution in [2.24, 2.45) is 0 Å². The highest BCUT2D eigenvalue weighted by molar-refractivity contribution is 6.00. The van der Waals surface area contributed by atoms with Gasteiger partial charge in [-0.3, -0.25) is 4.79 Å². The van der Waals surface area contributed by atoms with Crippen molar-refractivity contribution in [3.63, 3.8) is 0 Å². The molecular formula is C17H28N2O2. The van der Waals surface area contributed by atoms with E-state index >= 15 is 0 Å². The van der Waals surface area contributed by atoms with Gasteiger partial charge in [0.25, 0.3) is 0 Å². The maximum absolute atomic E-state index is 12.1. The molecule has 0 fully saturated rings. The van der Waals surface area contributed by atoms with Gasteiger partial charge < -0.3 is 15.0 Å². The van der Waals surface area contributed by atoms with Crippen LogP contribution in [0.25, 0.3) is 0 Å². The minimum absolute atomic E-state index is 0.0798. The van der Waals surface area contributed by atoms with Gasteiger partial charge in [-0.1, -0.05) is 26.0 Å². The van der Waals surface area contributed by atoms with Gasteiger partial charge in [0.1, 0.15) is 5.75 Å². The fraction of sp³-hybridized carbons (Fsp3) is 0.588. The van der Waals surface area contributed by atoms with Crippen molar-refractivity contribution in [1.29, 1.82) is 0 Å². The SMILES string of the molecule is CCN(CC)CCCCNCC(=O)c1ccccc1OC. The smallest absolute Gasteiger partial charge is 0.180 e. The van der Waals surface area contributed by atoms with Crippen molar-refractivity contribution in [3.8, 4) is 5.75 Å². The second-order valence-corrected chi connectivity index (χ2v) is 5.03. The summed E-state index contributed by atoms with van der Waals surface area (Å²) in [4.78, 5) is 14.5. The first-order valence-corrected chi connectivity index (χ1v) is 7.82. The normalized spacial score (nSPS) is 10.9. The van der Waals surface area contributed by atoms with Gasteiger partial charge in [-0.15, -0.1) is 0 Å². The van der Waals surface area contributed by atoms with Gasteiger partial charge in [-0.05, 0) is 51.2 Å². The van der Waals surface area contributed by atoms with Crippen LogP contribution in [0.3, 0.4) is 0 Å². The molecule has 0 aliphatic rings. The number of benzene rings is 1. The van der Waals surface area contributed by atoms with Crippen molar-refractivity contribution < 1.29 is 9.53 Å². The Bertz CT molecular complexity index is 417. The van der Waals surface area contributed by atoms with Crippen LogP contribution < -0.4 is 10.1 Å². The highest BCUT2D eigenvalue weighted by atomic mass is 16.5. The minimum Gasteiger partial charge on any atom is -0.496 e. The van der Waals surface area contributed by atoms with E-state index in [9.17, 15) is 4.79 Å². The van der Waals surface area contributed by atoms with Crippen LogP contribution in [0.15, 0.2) is 24.3 Å². The summed E-state index contributed by atoms with van der Waals surface area (Å²) in [5.41, 5.74) is 0.649. The Balaban J connectivity index is 2.22. The Labute approximate surface area is 128 Å². The Morgan fingerprint density at radius 3 is 2.57 bits per heavy atom. The van der Waals surface area contributed by atoms with Crippen LogP contribution in [0.2, 0.25) is 0 Å². The average Bonchev–Trinajstić information content (AvgIpc) is 2.54. The third-order valence-corrected chi connectivity index (χ3v) is 3.67. The molecule has 0 atom stereocenters. The number of ketones is 1. The van der Waals surface area contributed by atoms with Crippen molar-refractivity contribution in [2.45, 2.75) is 26.7 Å². The van der Waals surface area contributed by atoms with Gasteiger partial charge in [0.15, 0.2) is 5.78 Å². The van der Waals surface area contributed by atoms with E-state index in [1.807, 2.05) is 24.3 Å². The maximum atomic E-state index is 12.1. The summed E-state index contributed by atoms with van der Waals surface area (Å²) in [5, 5.41) is 3.22. The molecule has 4 heteroatoms. The van der Waals surface area contributed by atoms with E-state index in [0.717, 1.165) is 39.0 Å². The zero-order valence-corrected chi connectivity index (χ0v) is 13.5. The lowest BCUT2D eigenvalue weighted by molar-refractivity contribution is 0.0988. The molecule has 0 aliphatic heterocycles. The molecule has 0 radical (unpaired) electrons. The van der Waals surface area contributed by atoms with Crippen LogP contribution in [-0.4, -0.2) is 50.5 Å². The maximum Gasteiger partial charge on any atom is 0.180 e. The predicted octanol–water partition coefficient (Wildman–Crippen LogP) is 2.59. The first-order valence-electron chi connectivity index (χ1n) is 7.82. The fourth-order valence-corrected chi connectivity index (χ4v) is 2.30. The van der Waals surface area contributed by atoms with E-state index in [4.69, 9.17) is 4.74 Å². The molecule has 0 saturated heterocycles. The third-order valence-electron chi connectivity index (χ3n) is 3.67. The molecule has 21 heavy (non-hydrogen) atoms. The zero-order valence-electron chi connectivity index (χ0n) is 13.5. The van der Waals surface area contributed by atoms with Crippen LogP contribution in [0.1, 0.15) is 37.0 Å². The van der Waals surface area contributed by atoms with Crippen LogP contribution >= 0.6 is 0 Å². The van der Waals surface area contributed by atoms with Crippen molar-refractivity contribution >= 4 is 5.78 Å². The zero-order chi connectivity index (χ0) is 15.5. The van der Waals surface area contributed by atoms with Crippen LogP contribution in [0.4, 0.5) is 0 Å². The topological polar surface area (TPSA) is 41.6 Å². The first kappa shape index (κ1) is 17.7. The summed E-state index contributed by atoms with van der Waals surface area (Å²) < 4.78 is 5.21. The molecule has 0 aliphatic carbocycles. The van der Waals surface area contributed by atoms with E-state index in [0.29, 0.717) is 17.9 Å².